The summed E-state index contributed by atoms with van der Waals surface area (Å²) in [5.74, 6) is 0. The normalized spacial score (nSPS) is 7.20. The van der Waals surface area contributed by atoms with Crippen LogP contribution in [0.3, 0.4) is 0 Å². The highest BCUT2D eigenvalue weighted by atomic mass is 35.6. The van der Waals surface area contributed by atoms with Gasteiger partial charge < -0.3 is 0 Å². The van der Waals surface area contributed by atoms with Crippen molar-refractivity contribution in [2.24, 2.45) is 0 Å². The molecular weight excluding hydrogens is 130 g/mol. The first-order chi connectivity index (χ1) is 1.73. The molecule has 0 rings (SSSR count). The van der Waals surface area contributed by atoms with Crippen LogP contribution in [0.15, 0.2) is 0 Å². The molecule has 5 heavy (non-hydrogen) atoms. The van der Waals surface area contributed by atoms with Gasteiger partial charge in [-0.3, -0.25) is 0 Å². The van der Waals surface area contributed by atoms with Crippen LogP contribution in [0.2, 0.25) is 0 Å². The van der Waals surface area contributed by atoms with Crippen LogP contribution >= 0.6 is 34.8 Å². The van der Waals surface area contributed by atoms with Gasteiger partial charge in [-0.25, -0.2) is 0 Å². The molecule has 0 aromatic heterocycles. The Bertz CT molecular complexity index is 9.61. The summed E-state index contributed by atoms with van der Waals surface area (Å²) < 4.78 is -0.750. The van der Waals surface area contributed by atoms with Crippen molar-refractivity contribution < 1.29 is 0 Å². The average molecular weight is 134 g/mol. The number of alkyl halides is 3. The van der Waals surface area contributed by atoms with E-state index in [-0.39, 0.29) is 7.43 Å². The van der Waals surface area contributed by atoms with Gasteiger partial charge in [-0.1, -0.05) is 42.2 Å². The fourth-order valence-corrected chi connectivity index (χ4v) is 0. The first kappa shape index (κ1) is 9.30. The van der Waals surface area contributed by atoms with Crippen LogP contribution in [0, 0.1) is 7.43 Å². The second-order valence-corrected chi connectivity index (χ2v) is 2.23. The van der Waals surface area contributed by atoms with E-state index in [1.807, 2.05) is 0 Å². The minimum absolute atomic E-state index is 0. The van der Waals surface area contributed by atoms with Gasteiger partial charge in [-0.2, -0.15) is 0 Å². The molecular formula is C2H4Cl3. The minimum atomic E-state index is -0.750. The Hall–Kier alpha value is 0.870. The lowest BCUT2D eigenvalue weighted by molar-refractivity contribution is 1.96. The average Bonchev–Trinajstić information content (AvgIpc) is 0.811. The predicted octanol–water partition coefficient (Wildman–Crippen LogP) is 2.44. The van der Waals surface area contributed by atoms with Gasteiger partial charge in [0.25, 0.3) is 0 Å². The van der Waals surface area contributed by atoms with Crippen LogP contribution in [0.4, 0.5) is 0 Å². The molecule has 0 spiro atoms. The molecule has 0 N–H and O–H groups in total. The molecule has 3 heteroatoms. The lowest BCUT2D eigenvalue weighted by Gasteiger charge is -1.69. The summed E-state index contributed by atoms with van der Waals surface area (Å²) in [5, 5.41) is 0. The monoisotopic (exact) mass is 133 g/mol. The number of hydrogen-bond donors (Lipinski definition) is 0. The van der Waals surface area contributed by atoms with Gasteiger partial charge in [0, 0.05) is 0 Å². The highest BCUT2D eigenvalue weighted by Crippen LogP contribution is 2.03. The third-order valence-corrected chi connectivity index (χ3v) is 0. The fourth-order valence-electron chi connectivity index (χ4n) is 0. The van der Waals surface area contributed by atoms with E-state index in [4.69, 9.17) is 34.8 Å². The molecule has 0 nitrogen and oxygen atoms in total. The molecule has 0 aromatic carbocycles. The van der Waals surface area contributed by atoms with E-state index in [0.29, 0.717) is 0 Å². The number of rotatable bonds is 0. The zero-order chi connectivity index (χ0) is 3.58. The van der Waals surface area contributed by atoms with Crippen molar-refractivity contribution in [3.63, 3.8) is 0 Å². The zero-order valence-electron chi connectivity index (χ0n) is 2.71. The molecule has 0 aliphatic carbocycles. The summed E-state index contributed by atoms with van der Waals surface area (Å²) in [6.45, 7) is 0. The van der Waals surface area contributed by atoms with Gasteiger partial charge in [0.15, 0.2) is 4.30 Å². The summed E-state index contributed by atoms with van der Waals surface area (Å²) in [6.07, 6.45) is 0. The Balaban J connectivity index is 0. The second-order valence-electron chi connectivity index (χ2n) is 0.247. The molecule has 0 aliphatic heterocycles. The molecule has 0 heterocycles. The molecule has 0 aromatic rings. The highest BCUT2D eigenvalue weighted by Gasteiger charge is 1.78. The quantitative estimate of drug-likeness (QED) is 0.447. The Kier molecular flexibility index (Phi) is 9.05. The van der Waals surface area contributed by atoms with Crippen molar-refractivity contribution in [3.05, 3.63) is 7.43 Å². The first-order valence-corrected chi connectivity index (χ1v) is 1.96. The van der Waals surface area contributed by atoms with Crippen molar-refractivity contribution in [1.82, 2.24) is 0 Å². The summed E-state index contributed by atoms with van der Waals surface area (Å²) in [4.78, 5) is 0. The molecule has 0 saturated heterocycles. The molecule has 0 amide bonds. The first-order valence-electron chi connectivity index (χ1n) is 0.655. The van der Waals surface area contributed by atoms with Gasteiger partial charge in [0.2, 0.25) is 0 Å². The maximum atomic E-state index is 4.81. The van der Waals surface area contributed by atoms with Crippen LogP contribution in [-0.4, -0.2) is 4.30 Å². The standard InChI is InChI=1S/CHCl3.CH3/c2-1(3)4;/h1H;1H3. The fraction of sp³-hybridized carbons (Fsp3) is 0.500. The van der Waals surface area contributed by atoms with E-state index in [2.05, 4.69) is 0 Å². The summed E-state index contributed by atoms with van der Waals surface area (Å²) in [5.41, 5.74) is 0. The van der Waals surface area contributed by atoms with Gasteiger partial charge in [0.05, 0.1) is 0 Å². The molecule has 0 fully saturated rings. The van der Waals surface area contributed by atoms with E-state index in [9.17, 15) is 0 Å². The minimum Gasteiger partial charge on any atom is -0.0874 e. The van der Waals surface area contributed by atoms with E-state index in [1.54, 1.807) is 0 Å². The molecule has 0 atom stereocenters. The SMILES string of the molecule is ClC(Cl)Cl.[CH3]. The summed E-state index contributed by atoms with van der Waals surface area (Å²) in [7, 11) is 0. The molecule has 33 valence electrons. The molecule has 0 aliphatic rings. The lowest BCUT2D eigenvalue weighted by atomic mass is 11.9. The second kappa shape index (κ2) is 4.87. The van der Waals surface area contributed by atoms with Gasteiger partial charge in [0.1, 0.15) is 0 Å². The van der Waals surface area contributed by atoms with Crippen LogP contribution < -0.4 is 0 Å². The predicted molar refractivity (Wildman–Crippen MR) is 27.8 cm³/mol. The summed E-state index contributed by atoms with van der Waals surface area (Å²) in [6, 6.07) is 0. The largest absolute Gasteiger partial charge is 0.180 e. The van der Waals surface area contributed by atoms with E-state index in [0.717, 1.165) is 0 Å². The van der Waals surface area contributed by atoms with Crippen LogP contribution in [-0.2, 0) is 0 Å². The molecule has 1 radical (unpaired) electrons. The van der Waals surface area contributed by atoms with Crippen molar-refractivity contribution in [1.29, 1.82) is 0 Å². The Morgan fingerprint density at radius 3 is 1.00 bits per heavy atom. The maximum absolute atomic E-state index is 4.81. The zero-order valence-corrected chi connectivity index (χ0v) is 4.98. The van der Waals surface area contributed by atoms with Crippen molar-refractivity contribution in [2.45, 2.75) is 4.30 Å². The van der Waals surface area contributed by atoms with Crippen molar-refractivity contribution >= 4 is 34.8 Å². The lowest BCUT2D eigenvalue weighted by Crippen LogP contribution is -1.55. The van der Waals surface area contributed by atoms with Crippen molar-refractivity contribution in [2.75, 3.05) is 0 Å². The number of hydrogen-bond acceptors (Lipinski definition) is 0. The maximum Gasteiger partial charge on any atom is 0.180 e. The van der Waals surface area contributed by atoms with E-state index in [1.165, 1.54) is 0 Å². The third-order valence-electron chi connectivity index (χ3n) is 0. The number of halogens is 3. The van der Waals surface area contributed by atoms with Gasteiger partial charge in [-0.05, 0) is 0 Å². The third kappa shape index (κ3) is 53.0. The Morgan fingerprint density at radius 1 is 1.00 bits per heavy atom. The molecule has 0 saturated carbocycles. The highest BCUT2D eigenvalue weighted by molar-refractivity contribution is 6.63. The molecule has 0 unspecified atom stereocenters. The Morgan fingerprint density at radius 2 is 1.00 bits per heavy atom. The summed E-state index contributed by atoms with van der Waals surface area (Å²) >= 11 is 14.4. The molecule has 0 bridgehead atoms. The van der Waals surface area contributed by atoms with Crippen LogP contribution in [0.5, 0.6) is 0 Å². The van der Waals surface area contributed by atoms with Gasteiger partial charge in [-0.15, -0.1) is 0 Å². The van der Waals surface area contributed by atoms with Crippen LogP contribution in [0.25, 0.3) is 0 Å². The van der Waals surface area contributed by atoms with Gasteiger partial charge >= 0.3 is 0 Å². The van der Waals surface area contributed by atoms with Crippen LogP contribution in [0.1, 0.15) is 0 Å². The topological polar surface area (TPSA) is 0 Å². The Labute approximate surface area is 47.0 Å². The van der Waals surface area contributed by atoms with E-state index < -0.39 is 4.30 Å². The van der Waals surface area contributed by atoms with E-state index >= 15 is 0 Å². The smallest absolute Gasteiger partial charge is 0.0874 e. The van der Waals surface area contributed by atoms with Crippen molar-refractivity contribution in [3.8, 4) is 0 Å².